The Labute approximate surface area is 129 Å². The topological polar surface area (TPSA) is 102 Å². The summed E-state index contributed by atoms with van der Waals surface area (Å²) in [6, 6.07) is 9.79. The molecule has 0 bridgehead atoms. The Hall–Kier alpha value is -2.81. The Morgan fingerprint density at radius 3 is 2.68 bits per heavy atom. The molecule has 3 N–H and O–H groups in total. The van der Waals surface area contributed by atoms with E-state index in [0.29, 0.717) is 6.54 Å². The molecule has 1 rings (SSSR count). The third-order valence-corrected chi connectivity index (χ3v) is 3.04. The lowest BCUT2D eigenvalue weighted by Crippen LogP contribution is -2.28. The standard InChI is InChI=1S/C16H19N3O3/c1-12-4-2-3-5-13(12)6-8-18-11-14(10-17)16(22)19-9-7-15(20)21/h2-5,11,18H,6-9H2,1H3,(H,19,22)(H,20,21)/b14-11-. The van der Waals surface area contributed by atoms with Gasteiger partial charge < -0.3 is 15.7 Å². The summed E-state index contributed by atoms with van der Waals surface area (Å²) in [5.74, 6) is -1.58. The van der Waals surface area contributed by atoms with Crippen molar-refractivity contribution >= 4 is 11.9 Å². The average Bonchev–Trinajstić information content (AvgIpc) is 2.48. The molecule has 0 atom stereocenters. The number of hydrogen-bond acceptors (Lipinski definition) is 4. The smallest absolute Gasteiger partial charge is 0.305 e. The molecular formula is C16H19N3O3. The summed E-state index contributed by atoms with van der Waals surface area (Å²) >= 11 is 0. The highest BCUT2D eigenvalue weighted by molar-refractivity contribution is 5.97. The van der Waals surface area contributed by atoms with E-state index in [1.165, 1.54) is 17.3 Å². The molecular weight excluding hydrogens is 282 g/mol. The number of nitriles is 1. The van der Waals surface area contributed by atoms with Crippen molar-refractivity contribution in [1.82, 2.24) is 10.6 Å². The van der Waals surface area contributed by atoms with E-state index in [1.807, 2.05) is 31.2 Å². The fraction of sp³-hybridized carbons (Fsp3) is 0.312. The molecule has 0 aliphatic heterocycles. The number of amides is 1. The molecule has 1 amide bonds. The summed E-state index contributed by atoms with van der Waals surface area (Å²) in [4.78, 5) is 22.0. The van der Waals surface area contributed by atoms with Gasteiger partial charge in [-0.3, -0.25) is 9.59 Å². The van der Waals surface area contributed by atoms with Crippen LogP contribution in [0.5, 0.6) is 0 Å². The number of carbonyl (C=O) groups is 2. The van der Waals surface area contributed by atoms with E-state index in [4.69, 9.17) is 10.4 Å². The zero-order valence-corrected chi connectivity index (χ0v) is 12.4. The van der Waals surface area contributed by atoms with Crippen LogP contribution in [0.2, 0.25) is 0 Å². The molecule has 22 heavy (non-hydrogen) atoms. The highest BCUT2D eigenvalue weighted by Crippen LogP contribution is 2.06. The minimum atomic E-state index is -1.00. The minimum Gasteiger partial charge on any atom is -0.481 e. The normalized spacial score (nSPS) is 10.6. The van der Waals surface area contributed by atoms with Gasteiger partial charge in [0.1, 0.15) is 11.6 Å². The molecule has 0 aliphatic carbocycles. The van der Waals surface area contributed by atoms with Crippen molar-refractivity contribution in [2.24, 2.45) is 0 Å². The van der Waals surface area contributed by atoms with Crippen LogP contribution in [0.25, 0.3) is 0 Å². The van der Waals surface area contributed by atoms with Gasteiger partial charge in [0.2, 0.25) is 0 Å². The number of nitrogens with one attached hydrogen (secondary N) is 2. The molecule has 1 aromatic carbocycles. The summed E-state index contributed by atoms with van der Waals surface area (Å²) in [6.07, 6.45) is 1.96. The first kappa shape index (κ1) is 17.2. The van der Waals surface area contributed by atoms with Gasteiger partial charge in [0.15, 0.2) is 0 Å². The molecule has 0 aliphatic rings. The number of carboxylic acids is 1. The van der Waals surface area contributed by atoms with Crippen LogP contribution in [0.15, 0.2) is 36.0 Å². The van der Waals surface area contributed by atoms with E-state index < -0.39 is 11.9 Å². The predicted octanol–water partition coefficient (Wildman–Crippen LogP) is 1.13. The Morgan fingerprint density at radius 2 is 2.05 bits per heavy atom. The summed E-state index contributed by atoms with van der Waals surface area (Å²) in [5, 5.41) is 22.7. The highest BCUT2D eigenvalue weighted by atomic mass is 16.4. The molecule has 0 unspecified atom stereocenters. The Kier molecular flexibility index (Phi) is 7.20. The van der Waals surface area contributed by atoms with Crippen molar-refractivity contribution in [2.75, 3.05) is 13.1 Å². The van der Waals surface area contributed by atoms with Crippen LogP contribution in [0, 0.1) is 18.3 Å². The molecule has 0 aromatic heterocycles. The van der Waals surface area contributed by atoms with Crippen LogP contribution >= 0.6 is 0 Å². The molecule has 0 fully saturated rings. The van der Waals surface area contributed by atoms with Gasteiger partial charge in [-0.1, -0.05) is 24.3 Å². The third-order valence-electron chi connectivity index (χ3n) is 3.04. The zero-order valence-electron chi connectivity index (χ0n) is 12.4. The number of aliphatic carboxylic acids is 1. The molecule has 0 saturated heterocycles. The maximum Gasteiger partial charge on any atom is 0.305 e. The lowest BCUT2D eigenvalue weighted by Gasteiger charge is -2.06. The van der Waals surface area contributed by atoms with Gasteiger partial charge in [-0.2, -0.15) is 5.26 Å². The first-order valence-electron chi connectivity index (χ1n) is 6.92. The summed E-state index contributed by atoms with van der Waals surface area (Å²) in [7, 11) is 0. The molecule has 0 spiro atoms. The van der Waals surface area contributed by atoms with Crippen molar-refractivity contribution < 1.29 is 14.7 Å². The molecule has 1 aromatic rings. The van der Waals surface area contributed by atoms with E-state index >= 15 is 0 Å². The number of aryl methyl sites for hydroxylation is 1. The maximum absolute atomic E-state index is 11.6. The molecule has 0 radical (unpaired) electrons. The second-order valence-corrected chi connectivity index (χ2v) is 4.70. The van der Waals surface area contributed by atoms with Crippen molar-refractivity contribution in [2.45, 2.75) is 19.8 Å². The van der Waals surface area contributed by atoms with Crippen LogP contribution in [0.1, 0.15) is 17.5 Å². The predicted molar refractivity (Wildman–Crippen MR) is 81.8 cm³/mol. The van der Waals surface area contributed by atoms with Crippen molar-refractivity contribution in [3.63, 3.8) is 0 Å². The van der Waals surface area contributed by atoms with Gasteiger partial charge in [-0.05, 0) is 24.5 Å². The lowest BCUT2D eigenvalue weighted by molar-refractivity contribution is -0.136. The van der Waals surface area contributed by atoms with Gasteiger partial charge in [-0.25, -0.2) is 0 Å². The quantitative estimate of drug-likeness (QED) is 0.379. The summed E-state index contributed by atoms with van der Waals surface area (Å²) in [6.45, 7) is 2.62. The number of benzene rings is 1. The van der Waals surface area contributed by atoms with Gasteiger partial charge in [-0.15, -0.1) is 0 Å². The van der Waals surface area contributed by atoms with Gasteiger partial charge >= 0.3 is 5.97 Å². The Morgan fingerprint density at radius 1 is 1.32 bits per heavy atom. The molecule has 6 nitrogen and oxygen atoms in total. The first-order valence-corrected chi connectivity index (χ1v) is 6.92. The molecule has 6 heteroatoms. The van der Waals surface area contributed by atoms with Gasteiger partial charge in [0.25, 0.3) is 5.91 Å². The van der Waals surface area contributed by atoms with E-state index in [0.717, 1.165) is 6.42 Å². The fourth-order valence-electron chi connectivity index (χ4n) is 1.80. The number of carbonyl (C=O) groups excluding carboxylic acids is 1. The van der Waals surface area contributed by atoms with E-state index in [9.17, 15) is 9.59 Å². The third kappa shape index (κ3) is 6.09. The molecule has 116 valence electrons. The zero-order chi connectivity index (χ0) is 16.4. The summed E-state index contributed by atoms with van der Waals surface area (Å²) < 4.78 is 0. The summed E-state index contributed by atoms with van der Waals surface area (Å²) in [5.41, 5.74) is 2.32. The number of nitrogens with zero attached hydrogens (tertiary/aromatic N) is 1. The first-order chi connectivity index (χ1) is 10.5. The van der Waals surface area contributed by atoms with Crippen LogP contribution < -0.4 is 10.6 Å². The van der Waals surface area contributed by atoms with Crippen LogP contribution in [-0.4, -0.2) is 30.1 Å². The number of rotatable bonds is 8. The average molecular weight is 301 g/mol. The second kappa shape index (κ2) is 9.19. The lowest BCUT2D eigenvalue weighted by atomic mass is 10.1. The van der Waals surface area contributed by atoms with Crippen LogP contribution in [0.3, 0.4) is 0 Å². The van der Waals surface area contributed by atoms with Crippen LogP contribution in [-0.2, 0) is 16.0 Å². The molecule has 0 heterocycles. The van der Waals surface area contributed by atoms with E-state index in [-0.39, 0.29) is 18.5 Å². The van der Waals surface area contributed by atoms with Gasteiger partial charge in [0.05, 0.1) is 6.42 Å². The highest BCUT2D eigenvalue weighted by Gasteiger charge is 2.08. The minimum absolute atomic E-state index is 0.00357. The fourth-order valence-corrected chi connectivity index (χ4v) is 1.80. The monoisotopic (exact) mass is 301 g/mol. The van der Waals surface area contributed by atoms with Crippen LogP contribution in [0.4, 0.5) is 0 Å². The maximum atomic E-state index is 11.6. The second-order valence-electron chi connectivity index (χ2n) is 4.70. The largest absolute Gasteiger partial charge is 0.481 e. The Balaban J connectivity index is 2.42. The SMILES string of the molecule is Cc1ccccc1CCN/C=C(/C#N)C(=O)NCCC(=O)O. The van der Waals surface area contributed by atoms with Gasteiger partial charge in [0, 0.05) is 19.3 Å². The number of hydrogen-bond donors (Lipinski definition) is 3. The van der Waals surface area contributed by atoms with Crippen molar-refractivity contribution in [3.8, 4) is 6.07 Å². The molecule has 0 saturated carbocycles. The Bertz CT molecular complexity index is 603. The van der Waals surface area contributed by atoms with Crippen molar-refractivity contribution in [1.29, 1.82) is 5.26 Å². The van der Waals surface area contributed by atoms with E-state index in [2.05, 4.69) is 10.6 Å². The number of carboxylic acid groups (broad SMARTS) is 1. The van der Waals surface area contributed by atoms with E-state index in [1.54, 1.807) is 6.07 Å². The van der Waals surface area contributed by atoms with Crippen molar-refractivity contribution in [3.05, 3.63) is 47.2 Å².